The molecule has 0 spiro atoms. The molecule has 21 heavy (non-hydrogen) atoms. The quantitative estimate of drug-likeness (QED) is 0.720. The molecule has 0 aliphatic rings. The minimum atomic E-state index is 0.185. The van der Waals surface area contributed by atoms with E-state index in [1.165, 1.54) is 15.3 Å². The number of thiazole rings is 2. The third-order valence-corrected chi connectivity index (χ3v) is 5.50. The van der Waals surface area contributed by atoms with E-state index in [1.54, 1.807) is 22.7 Å². The zero-order valence-corrected chi connectivity index (χ0v) is 13.7. The van der Waals surface area contributed by atoms with Crippen molar-refractivity contribution in [2.45, 2.75) is 26.3 Å². The fourth-order valence-corrected chi connectivity index (χ4v) is 3.78. The van der Waals surface area contributed by atoms with Crippen molar-refractivity contribution >= 4 is 27.8 Å². The number of hydrogen-bond acceptors (Lipinski definition) is 5. The maximum absolute atomic E-state index is 4.48. The largest absolute Gasteiger partial charge is 0.353 e. The lowest BCUT2D eigenvalue weighted by Gasteiger charge is -2.09. The van der Waals surface area contributed by atoms with E-state index in [2.05, 4.69) is 41.3 Å². The normalized spacial score (nSPS) is 12.3. The lowest BCUT2D eigenvalue weighted by Crippen LogP contribution is -2.05. The van der Waals surface area contributed by atoms with Gasteiger partial charge in [-0.2, -0.15) is 0 Å². The van der Waals surface area contributed by atoms with Gasteiger partial charge in [0.2, 0.25) is 0 Å². The highest BCUT2D eigenvalue weighted by Crippen LogP contribution is 2.31. The van der Waals surface area contributed by atoms with Crippen LogP contribution in [0.1, 0.15) is 29.8 Å². The molecule has 2 aromatic heterocycles. The number of aromatic nitrogens is 2. The number of rotatable bonds is 5. The minimum absolute atomic E-state index is 0.185. The molecule has 1 N–H and O–H groups in total. The summed E-state index contributed by atoms with van der Waals surface area (Å²) in [6.07, 6.45) is 4.93. The summed E-state index contributed by atoms with van der Waals surface area (Å²) in [6, 6.07) is 10.5. The Morgan fingerprint density at radius 2 is 1.90 bits per heavy atom. The third kappa shape index (κ3) is 3.31. The van der Waals surface area contributed by atoms with Gasteiger partial charge in [-0.15, -0.1) is 11.3 Å². The SMILES string of the molecule is CCc1cnc(C(C)Nc2ncc(-c3ccccc3)s2)s1. The summed E-state index contributed by atoms with van der Waals surface area (Å²) in [5.74, 6) is 0. The van der Waals surface area contributed by atoms with Gasteiger partial charge in [-0.3, -0.25) is 0 Å². The van der Waals surface area contributed by atoms with Crippen molar-refractivity contribution in [1.82, 2.24) is 9.97 Å². The minimum Gasteiger partial charge on any atom is -0.353 e. The Kier molecular flexibility index (Phi) is 4.31. The monoisotopic (exact) mass is 315 g/mol. The Morgan fingerprint density at radius 3 is 2.62 bits per heavy atom. The van der Waals surface area contributed by atoms with E-state index in [4.69, 9.17) is 0 Å². The average Bonchev–Trinajstić information content (AvgIpc) is 3.17. The van der Waals surface area contributed by atoms with Crippen molar-refractivity contribution in [3.63, 3.8) is 0 Å². The molecule has 0 amide bonds. The molecule has 108 valence electrons. The molecule has 0 radical (unpaired) electrons. The topological polar surface area (TPSA) is 37.8 Å². The Balaban J connectivity index is 1.72. The highest BCUT2D eigenvalue weighted by Gasteiger charge is 2.12. The zero-order chi connectivity index (χ0) is 14.7. The van der Waals surface area contributed by atoms with Crippen LogP contribution >= 0.6 is 22.7 Å². The summed E-state index contributed by atoms with van der Waals surface area (Å²) in [7, 11) is 0. The number of nitrogens with zero attached hydrogens (tertiary/aromatic N) is 2. The molecule has 2 heterocycles. The predicted octanol–water partition coefficient (Wildman–Crippen LogP) is 5.00. The van der Waals surface area contributed by atoms with Gasteiger partial charge in [-0.25, -0.2) is 9.97 Å². The fourth-order valence-electron chi connectivity index (χ4n) is 2.01. The second-order valence-electron chi connectivity index (χ2n) is 4.78. The van der Waals surface area contributed by atoms with Gasteiger partial charge in [-0.1, -0.05) is 48.6 Å². The van der Waals surface area contributed by atoms with Crippen molar-refractivity contribution < 1.29 is 0 Å². The Labute approximate surface area is 132 Å². The van der Waals surface area contributed by atoms with Crippen molar-refractivity contribution in [3.05, 3.63) is 52.6 Å². The van der Waals surface area contributed by atoms with Crippen molar-refractivity contribution in [2.24, 2.45) is 0 Å². The van der Waals surface area contributed by atoms with E-state index in [-0.39, 0.29) is 6.04 Å². The molecule has 3 nitrogen and oxygen atoms in total. The molecule has 0 bridgehead atoms. The lowest BCUT2D eigenvalue weighted by atomic mass is 10.2. The summed E-state index contributed by atoms with van der Waals surface area (Å²) < 4.78 is 0. The number of anilines is 1. The van der Waals surface area contributed by atoms with Crippen LogP contribution in [-0.2, 0) is 6.42 Å². The molecule has 0 fully saturated rings. The van der Waals surface area contributed by atoms with Crippen molar-refractivity contribution in [3.8, 4) is 10.4 Å². The molecule has 0 aliphatic heterocycles. The number of hydrogen-bond donors (Lipinski definition) is 1. The van der Waals surface area contributed by atoms with E-state index in [0.717, 1.165) is 16.6 Å². The van der Waals surface area contributed by atoms with E-state index in [9.17, 15) is 0 Å². The van der Waals surface area contributed by atoms with Gasteiger partial charge in [0.15, 0.2) is 5.13 Å². The van der Waals surface area contributed by atoms with Crippen LogP contribution in [-0.4, -0.2) is 9.97 Å². The van der Waals surface area contributed by atoms with E-state index >= 15 is 0 Å². The van der Waals surface area contributed by atoms with Gasteiger partial charge in [0, 0.05) is 17.3 Å². The van der Waals surface area contributed by atoms with Crippen LogP contribution in [0.2, 0.25) is 0 Å². The van der Waals surface area contributed by atoms with E-state index in [0.29, 0.717) is 0 Å². The second kappa shape index (κ2) is 6.37. The molecule has 1 unspecified atom stereocenters. The maximum Gasteiger partial charge on any atom is 0.183 e. The number of nitrogens with one attached hydrogen (secondary N) is 1. The van der Waals surface area contributed by atoms with E-state index < -0.39 is 0 Å². The summed E-state index contributed by atoms with van der Waals surface area (Å²) in [4.78, 5) is 11.5. The summed E-state index contributed by atoms with van der Waals surface area (Å²) >= 11 is 3.44. The highest BCUT2D eigenvalue weighted by molar-refractivity contribution is 7.18. The van der Waals surface area contributed by atoms with Crippen LogP contribution in [0.3, 0.4) is 0 Å². The van der Waals surface area contributed by atoms with Crippen LogP contribution in [0.25, 0.3) is 10.4 Å². The Hall–Kier alpha value is -1.72. The first-order chi connectivity index (χ1) is 10.3. The molecule has 1 aromatic carbocycles. The van der Waals surface area contributed by atoms with Crippen LogP contribution in [0, 0.1) is 0 Å². The first kappa shape index (κ1) is 14.2. The molecule has 0 saturated carbocycles. The molecule has 0 saturated heterocycles. The van der Waals surface area contributed by atoms with Gasteiger partial charge in [-0.05, 0) is 18.9 Å². The Bertz CT molecular complexity index is 703. The van der Waals surface area contributed by atoms with Crippen LogP contribution in [0.15, 0.2) is 42.7 Å². The van der Waals surface area contributed by atoms with Gasteiger partial charge >= 0.3 is 0 Å². The van der Waals surface area contributed by atoms with Crippen LogP contribution in [0.5, 0.6) is 0 Å². The first-order valence-electron chi connectivity index (χ1n) is 6.98. The lowest BCUT2D eigenvalue weighted by molar-refractivity contribution is 0.867. The van der Waals surface area contributed by atoms with Gasteiger partial charge in [0.1, 0.15) is 5.01 Å². The molecular weight excluding hydrogens is 298 g/mol. The maximum atomic E-state index is 4.48. The molecule has 5 heteroatoms. The van der Waals surface area contributed by atoms with Crippen LogP contribution in [0.4, 0.5) is 5.13 Å². The fraction of sp³-hybridized carbons (Fsp3) is 0.250. The molecule has 0 aliphatic carbocycles. The summed E-state index contributed by atoms with van der Waals surface area (Å²) in [5.41, 5.74) is 1.21. The highest BCUT2D eigenvalue weighted by atomic mass is 32.1. The van der Waals surface area contributed by atoms with E-state index in [1.807, 2.05) is 30.6 Å². The number of benzene rings is 1. The van der Waals surface area contributed by atoms with Crippen molar-refractivity contribution in [1.29, 1.82) is 0 Å². The molecule has 1 atom stereocenters. The number of aryl methyl sites for hydroxylation is 1. The second-order valence-corrected chi connectivity index (χ2v) is 6.96. The predicted molar refractivity (Wildman–Crippen MR) is 91.1 cm³/mol. The summed E-state index contributed by atoms with van der Waals surface area (Å²) in [6.45, 7) is 4.28. The third-order valence-electron chi connectivity index (χ3n) is 3.19. The first-order valence-corrected chi connectivity index (χ1v) is 8.62. The smallest absolute Gasteiger partial charge is 0.183 e. The zero-order valence-electron chi connectivity index (χ0n) is 12.0. The van der Waals surface area contributed by atoms with Crippen LogP contribution < -0.4 is 5.32 Å². The van der Waals surface area contributed by atoms with Gasteiger partial charge in [0.05, 0.1) is 10.9 Å². The molecule has 3 rings (SSSR count). The van der Waals surface area contributed by atoms with Crippen molar-refractivity contribution in [2.75, 3.05) is 5.32 Å². The Morgan fingerprint density at radius 1 is 1.10 bits per heavy atom. The standard InChI is InChI=1S/C16H17N3S2/c1-3-13-9-17-15(20-13)11(2)19-16-18-10-14(21-16)12-7-5-4-6-8-12/h4-11H,3H2,1-2H3,(H,18,19). The molecular formula is C16H17N3S2. The summed E-state index contributed by atoms with van der Waals surface area (Å²) in [5, 5.41) is 5.49. The average molecular weight is 315 g/mol. The van der Waals surface area contributed by atoms with Gasteiger partial charge in [0.25, 0.3) is 0 Å². The molecule has 3 aromatic rings. The van der Waals surface area contributed by atoms with Gasteiger partial charge < -0.3 is 5.32 Å².